The second-order valence-corrected chi connectivity index (χ2v) is 5.11. The zero-order valence-electron chi connectivity index (χ0n) is 9.31. The van der Waals surface area contributed by atoms with Crippen molar-refractivity contribution in [3.63, 3.8) is 0 Å². The van der Waals surface area contributed by atoms with E-state index < -0.39 is 12.6 Å². The van der Waals surface area contributed by atoms with Gasteiger partial charge >= 0.3 is 6.18 Å². The average molecular weight is 254 g/mol. The third-order valence-corrected chi connectivity index (χ3v) is 3.46. The number of hydrogen-bond donors (Lipinski definition) is 1. The van der Waals surface area contributed by atoms with Crippen molar-refractivity contribution in [1.82, 2.24) is 5.32 Å². The van der Waals surface area contributed by atoms with Crippen molar-refractivity contribution < 1.29 is 13.2 Å². The minimum atomic E-state index is -4.04. The molecular weight excluding hydrogens is 237 g/mol. The van der Waals surface area contributed by atoms with Crippen LogP contribution in [0.5, 0.6) is 0 Å². The molecule has 0 radical (unpaired) electrons. The second kappa shape index (κ2) is 6.37. The van der Waals surface area contributed by atoms with Gasteiger partial charge in [0.2, 0.25) is 0 Å². The summed E-state index contributed by atoms with van der Waals surface area (Å²) in [6.07, 6.45) is -2.43. The summed E-state index contributed by atoms with van der Waals surface area (Å²) in [4.78, 5) is 4.26. The lowest BCUT2D eigenvalue weighted by atomic mass is 10.2. The molecule has 1 aliphatic heterocycles. The zero-order chi connectivity index (χ0) is 12.0. The number of halogens is 3. The molecule has 0 bridgehead atoms. The van der Waals surface area contributed by atoms with Crippen LogP contribution in [0.4, 0.5) is 13.2 Å². The van der Waals surface area contributed by atoms with E-state index in [9.17, 15) is 13.2 Å². The van der Waals surface area contributed by atoms with E-state index in [0.717, 1.165) is 24.6 Å². The third-order valence-electron chi connectivity index (χ3n) is 2.24. The van der Waals surface area contributed by atoms with Gasteiger partial charge in [0, 0.05) is 18.2 Å². The van der Waals surface area contributed by atoms with Crippen LogP contribution < -0.4 is 5.32 Å². The normalized spacial score (nSPS) is 21.0. The van der Waals surface area contributed by atoms with Crippen LogP contribution in [0.1, 0.15) is 32.6 Å². The SMILES string of the molecule is CCCC1CN=C(NCCCC(F)(F)F)S1. The number of nitrogens with one attached hydrogen (secondary N) is 1. The van der Waals surface area contributed by atoms with Crippen molar-refractivity contribution in [1.29, 1.82) is 0 Å². The summed E-state index contributed by atoms with van der Waals surface area (Å²) in [7, 11) is 0. The summed E-state index contributed by atoms with van der Waals surface area (Å²) < 4.78 is 35.6. The van der Waals surface area contributed by atoms with Gasteiger partial charge in [-0.1, -0.05) is 25.1 Å². The predicted molar refractivity (Wildman–Crippen MR) is 61.9 cm³/mol. The maximum absolute atomic E-state index is 11.9. The van der Waals surface area contributed by atoms with E-state index in [1.807, 2.05) is 0 Å². The quantitative estimate of drug-likeness (QED) is 0.762. The molecule has 0 fully saturated rings. The van der Waals surface area contributed by atoms with Gasteiger partial charge in [-0.3, -0.25) is 4.99 Å². The van der Waals surface area contributed by atoms with E-state index in [1.165, 1.54) is 0 Å². The fraction of sp³-hybridized carbons (Fsp3) is 0.900. The highest BCUT2D eigenvalue weighted by Gasteiger charge is 2.26. The maximum atomic E-state index is 11.9. The van der Waals surface area contributed by atoms with Crippen molar-refractivity contribution in [3.8, 4) is 0 Å². The first-order chi connectivity index (χ1) is 7.51. The maximum Gasteiger partial charge on any atom is 0.389 e. The van der Waals surface area contributed by atoms with Crippen molar-refractivity contribution in [3.05, 3.63) is 0 Å². The Morgan fingerprint density at radius 3 is 2.88 bits per heavy atom. The van der Waals surface area contributed by atoms with E-state index in [4.69, 9.17) is 0 Å². The molecular formula is C10H17F3N2S. The number of amidine groups is 1. The van der Waals surface area contributed by atoms with E-state index >= 15 is 0 Å². The number of hydrogen-bond acceptors (Lipinski definition) is 3. The topological polar surface area (TPSA) is 24.4 Å². The number of alkyl halides is 3. The number of thioether (sulfide) groups is 1. The smallest absolute Gasteiger partial charge is 0.365 e. The molecule has 1 unspecified atom stereocenters. The van der Waals surface area contributed by atoms with Crippen LogP contribution in [-0.4, -0.2) is 29.7 Å². The molecule has 0 saturated heterocycles. The highest BCUT2D eigenvalue weighted by molar-refractivity contribution is 8.14. The minimum Gasteiger partial charge on any atom is -0.365 e. The molecule has 1 heterocycles. The third kappa shape index (κ3) is 5.63. The van der Waals surface area contributed by atoms with Crippen LogP contribution in [0.25, 0.3) is 0 Å². The van der Waals surface area contributed by atoms with Gasteiger partial charge in [0.1, 0.15) is 0 Å². The first kappa shape index (κ1) is 13.7. The Morgan fingerprint density at radius 2 is 2.25 bits per heavy atom. The Labute approximate surface area is 98.1 Å². The number of aliphatic imine (C=N–C) groups is 1. The van der Waals surface area contributed by atoms with Gasteiger partial charge in [0.15, 0.2) is 5.17 Å². The van der Waals surface area contributed by atoms with Gasteiger partial charge < -0.3 is 5.32 Å². The van der Waals surface area contributed by atoms with Crippen LogP contribution in [0.3, 0.4) is 0 Å². The van der Waals surface area contributed by atoms with Gasteiger partial charge in [-0.2, -0.15) is 13.2 Å². The molecule has 0 spiro atoms. The van der Waals surface area contributed by atoms with Crippen molar-refractivity contribution in [2.75, 3.05) is 13.1 Å². The van der Waals surface area contributed by atoms with Crippen LogP contribution in [0, 0.1) is 0 Å². The summed E-state index contributed by atoms with van der Waals surface area (Å²) >= 11 is 1.65. The molecule has 16 heavy (non-hydrogen) atoms. The Balaban J connectivity index is 2.07. The molecule has 0 aromatic rings. The van der Waals surface area contributed by atoms with Crippen molar-refractivity contribution in [2.24, 2.45) is 4.99 Å². The lowest BCUT2D eigenvalue weighted by Crippen LogP contribution is -2.22. The second-order valence-electron chi connectivity index (χ2n) is 3.82. The predicted octanol–water partition coefficient (Wildman–Crippen LogP) is 3.19. The summed E-state index contributed by atoms with van der Waals surface area (Å²) in [6.45, 7) is 3.26. The molecule has 0 aliphatic carbocycles. The molecule has 6 heteroatoms. The Hall–Kier alpha value is -0.390. The van der Waals surface area contributed by atoms with Gasteiger partial charge in [-0.15, -0.1) is 0 Å². The largest absolute Gasteiger partial charge is 0.389 e. The van der Waals surface area contributed by atoms with Gasteiger partial charge in [0.25, 0.3) is 0 Å². The van der Waals surface area contributed by atoms with Crippen LogP contribution in [0.2, 0.25) is 0 Å². The fourth-order valence-electron chi connectivity index (χ4n) is 1.47. The van der Waals surface area contributed by atoms with Crippen LogP contribution in [0.15, 0.2) is 4.99 Å². The Bertz CT molecular complexity index is 241. The first-order valence-corrected chi connectivity index (χ1v) is 6.41. The van der Waals surface area contributed by atoms with E-state index in [-0.39, 0.29) is 6.42 Å². The molecule has 1 atom stereocenters. The standard InChI is InChI=1S/C10H17F3N2S/c1-2-4-8-7-15-9(16-8)14-6-3-5-10(11,12)13/h8H,2-7H2,1H3,(H,14,15). The van der Waals surface area contributed by atoms with Crippen LogP contribution >= 0.6 is 11.8 Å². The molecule has 0 saturated carbocycles. The lowest BCUT2D eigenvalue weighted by Gasteiger charge is -2.09. The number of nitrogens with zero attached hydrogens (tertiary/aromatic N) is 1. The molecule has 0 aromatic carbocycles. The Kier molecular flexibility index (Phi) is 5.44. The molecule has 94 valence electrons. The summed E-state index contributed by atoms with van der Waals surface area (Å²) in [5.74, 6) is 0. The van der Waals surface area contributed by atoms with Crippen LogP contribution in [-0.2, 0) is 0 Å². The Morgan fingerprint density at radius 1 is 1.50 bits per heavy atom. The molecule has 2 nitrogen and oxygen atoms in total. The minimum absolute atomic E-state index is 0.113. The zero-order valence-corrected chi connectivity index (χ0v) is 10.1. The molecule has 0 amide bonds. The molecule has 1 aliphatic rings. The molecule has 1 N–H and O–H groups in total. The van der Waals surface area contributed by atoms with Gasteiger partial charge in [-0.05, 0) is 12.8 Å². The van der Waals surface area contributed by atoms with Crippen molar-refractivity contribution in [2.45, 2.75) is 44.0 Å². The first-order valence-electron chi connectivity index (χ1n) is 5.53. The average Bonchev–Trinajstić information content (AvgIpc) is 2.60. The van der Waals surface area contributed by atoms with Crippen molar-refractivity contribution >= 4 is 16.9 Å². The highest BCUT2D eigenvalue weighted by Crippen LogP contribution is 2.24. The van der Waals surface area contributed by atoms with E-state index in [2.05, 4.69) is 17.2 Å². The fourth-order valence-corrected chi connectivity index (χ4v) is 2.62. The van der Waals surface area contributed by atoms with Gasteiger partial charge in [-0.25, -0.2) is 0 Å². The monoisotopic (exact) mass is 254 g/mol. The summed E-state index contributed by atoms with van der Waals surface area (Å²) in [5, 5.41) is 4.27. The molecule has 1 rings (SSSR count). The van der Waals surface area contributed by atoms with E-state index in [0.29, 0.717) is 11.8 Å². The van der Waals surface area contributed by atoms with E-state index in [1.54, 1.807) is 11.8 Å². The lowest BCUT2D eigenvalue weighted by molar-refractivity contribution is -0.135. The van der Waals surface area contributed by atoms with Gasteiger partial charge in [0.05, 0.1) is 6.54 Å². The highest BCUT2D eigenvalue weighted by atomic mass is 32.2. The summed E-state index contributed by atoms with van der Waals surface area (Å²) in [5.41, 5.74) is 0. The summed E-state index contributed by atoms with van der Waals surface area (Å²) in [6, 6.07) is 0. The molecule has 0 aromatic heterocycles. The number of rotatable bonds is 5.